The van der Waals surface area contributed by atoms with Crippen LogP contribution in [0, 0.1) is 0 Å². The van der Waals surface area contributed by atoms with Crippen molar-refractivity contribution in [3.05, 3.63) is 22.5 Å². The molecule has 0 bridgehead atoms. The zero-order valence-electron chi connectivity index (χ0n) is 11.1. The lowest BCUT2D eigenvalue weighted by Crippen LogP contribution is -2.37. The molecular formula is C11H11ClF6N2O. The van der Waals surface area contributed by atoms with Crippen LogP contribution in [0.15, 0.2) is 27.5 Å². The Hall–Kier alpha value is -1.38. The quantitative estimate of drug-likeness (QED) is 0.531. The summed E-state index contributed by atoms with van der Waals surface area (Å²) in [5.41, 5.74) is -4.37. The van der Waals surface area contributed by atoms with Crippen LogP contribution in [0.2, 0.25) is 0 Å². The number of aliphatic imine (C=N–C) groups is 1. The van der Waals surface area contributed by atoms with Crippen LogP contribution in [0.4, 0.5) is 26.3 Å². The first-order chi connectivity index (χ1) is 9.20. The molecule has 120 valence electrons. The lowest BCUT2D eigenvalue weighted by Gasteiger charge is -2.23. The van der Waals surface area contributed by atoms with Gasteiger partial charge in [0.05, 0.1) is 5.57 Å². The van der Waals surface area contributed by atoms with Gasteiger partial charge in [0, 0.05) is 0 Å². The monoisotopic (exact) mass is 336 g/mol. The van der Waals surface area contributed by atoms with Crippen LogP contribution in [0.3, 0.4) is 0 Å². The van der Waals surface area contributed by atoms with Crippen molar-refractivity contribution in [2.75, 3.05) is 0 Å². The Morgan fingerprint density at radius 2 is 1.57 bits per heavy atom. The highest BCUT2D eigenvalue weighted by atomic mass is 35.5. The molecule has 0 spiro atoms. The highest BCUT2D eigenvalue weighted by Gasteiger charge is 2.42. The van der Waals surface area contributed by atoms with Crippen LogP contribution in [0.1, 0.15) is 20.8 Å². The molecule has 1 N–H and O–H groups in total. The second kappa shape index (κ2) is 5.43. The molecule has 0 aliphatic carbocycles. The Bertz CT molecular complexity index is 510. The van der Waals surface area contributed by atoms with E-state index in [-0.39, 0.29) is 6.08 Å². The minimum absolute atomic E-state index is 0.148. The first-order valence-electron chi connectivity index (χ1n) is 5.51. The highest BCUT2D eigenvalue weighted by Crippen LogP contribution is 2.36. The van der Waals surface area contributed by atoms with E-state index >= 15 is 0 Å². The molecule has 1 aliphatic rings. The zero-order chi connectivity index (χ0) is 16.6. The summed E-state index contributed by atoms with van der Waals surface area (Å²) in [6.45, 7) is 4.46. The average Bonchev–Trinajstić information content (AvgIpc) is 2.32. The number of halogens is 7. The van der Waals surface area contributed by atoms with Crippen molar-refractivity contribution in [1.82, 2.24) is 5.32 Å². The predicted molar refractivity (Wildman–Crippen MR) is 64.5 cm³/mol. The van der Waals surface area contributed by atoms with E-state index in [1.165, 1.54) is 20.8 Å². The van der Waals surface area contributed by atoms with E-state index in [4.69, 9.17) is 16.3 Å². The standard InChI is InChI=1S/C11H11ClF6N2O/c1-9(2,3)21-8-19-6(11(16,17)18)4-5(7(12)20-8)10(13,14)15/h4H,1-3H3,(H,19,20). The van der Waals surface area contributed by atoms with Gasteiger partial charge in [-0.05, 0) is 26.8 Å². The first-order valence-corrected chi connectivity index (χ1v) is 5.88. The molecule has 0 amide bonds. The summed E-state index contributed by atoms with van der Waals surface area (Å²) in [7, 11) is 0. The lowest BCUT2D eigenvalue weighted by molar-refractivity contribution is -0.0985. The van der Waals surface area contributed by atoms with Crippen LogP contribution < -0.4 is 5.32 Å². The normalized spacial score (nSPS) is 17.8. The third-order valence-corrected chi connectivity index (χ3v) is 2.25. The number of amidine groups is 1. The van der Waals surface area contributed by atoms with Gasteiger partial charge in [0.15, 0.2) is 0 Å². The number of nitrogens with one attached hydrogen (secondary N) is 1. The van der Waals surface area contributed by atoms with E-state index in [0.29, 0.717) is 0 Å². The first kappa shape index (κ1) is 17.7. The van der Waals surface area contributed by atoms with Crippen molar-refractivity contribution in [3.8, 4) is 0 Å². The summed E-state index contributed by atoms with van der Waals surface area (Å²) in [4.78, 5) is 3.23. The molecule has 1 heterocycles. The Balaban J connectivity index is 3.38. The summed E-state index contributed by atoms with van der Waals surface area (Å²) in [6.07, 6.45) is -10.3. The molecule has 0 saturated heterocycles. The molecular weight excluding hydrogens is 326 g/mol. The van der Waals surface area contributed by atoms with Crippen LogP contribution in [0.25, 0.3) is 0 Å². The van der Waals surface area contributed by atoms with Crippen LogP contribution in [-0.4, -0.2) is 24.0 Å². The maximum Gasteiger partial charge on any atom is 0.431 e. The molecule has 0 radical (unpaired) electrons. The number of hydrogen-bond acceptors (Lipinski definition) is 3. The summed E-state index contributed by atoms with van der Waals surface area (Å²) in [5, 5.41) is 0.538. The van der Waals surface area contributed by atoms with Crippen molar-refractivity contribution in [1.29, 1.82) is 0 Å². The molecule has 3 nitrogen and oxygen atoms in total. The third kappa shape index (κ3) is 5.14. The lowest BCUT2D eigenvalue weighted by atomic mass is 10.2. The Morgan fingerprint density at radius 1 is 1.05 bits per heavy atom. The van der Waals surface area contributed by atoms with Gasteiger partial charge < -0.3 is 10.1 Å². The molecule has 1 aliphatic heterocycles. The molecule has 0 aromatic heterocycles. The van der Waals surface area contributed by atoms with E-state index in [1.807, 2.05) is 0 Å². The van der Waals surface area contributed by atoms with E-state index in [1.54, 1.807) is 5.32 Å². The van der Waals surface area contributed by atoms with Gasteiger partial charge >= 0.3 is 12.4 Å². The van der Waals surface area contributed by atoms with E-state index in [0.717, 1.165) is 0 Å². The van der Waals surface area contributed by atoms with Crippen molar-refractivity contribution < 1.29 is 31.1 Å². The molecule has 0 atom stereocenters. The van der Waals surface area contributed by atoms with Crippen molar-refractivity contribution in [3.63, 3.8) is 0 Å². The Kier molecular flexibility index (Phi) is 4.57. The maximum atomic E-state index is 12.7. The second-order valence-corrected chi connectivity index (χ2v) is 5.37. The zero-order valence-corrected chi connectivity index (χ0v) is 11.8. The number of nitrogens with zero attached hydrogens (tertiary/aromatic N) is 1. The van der Waals surface area contributed by atoms with Gasteiger partial charge in [-0.1, -0.05) is 11.6 Å². The summed E-state index contributed by atoms with van der Waals surface area (Å²) >= 11 is 5.35. The number of rotatable bonds is 0. The second-order valence-electron chi connectivity index (χ2n) is 5.01. The Morgan fingerprint density at radius 3 is 1.95 bits per heavy atom. The summed E-state index contributed by atoms with van der Waals surface area (Å²) in [5.74, 6) is 0. The summed E-state index contributed by atoms with van der Waals surface area (Å²) in [6, 6.07) is -0.768. The average molecular weight is 337 g/mol. The van der Waals surface area contributed by atoms with Gasteiger partial charge in [0.2, 0.25) is 0 Å². The van der Waals surface area contributed by atoms with Gasteiger partial charge in [0.1, 0.15) is 16.5 Å². The molecule has 0 aromatic carbocycles. The predicted octanol–water partition coefficient (Wildman–Crippen LogP) is 4.22. The number of ether oxygens (including phenoxy) is 1. The van der Waals surface area contributed by atoms with Crippen LogP contribution in [0.5, 0.6) is 0 Å². The molecule has 0 unspecified atom stereocenters. The van der Waals surface area contributed by atoms with Gasteiger partial charge in [-0.3, -0.25) is 0 Å². The minimum atomic E-state index is -5.09. The van der Waals surface area contributed by atoms with E-state index < -0.39 is 40.4 Å². The van der Waals surface area contributed by atoms with Gasteiger partial charge in [-0.2, -0.15) is 31.3 Å². The largest absolute Gasteiger partial charge is 0.459 e. The van der Waals surface area contributed by atoms with Crippen molar-refractivity contribution >= 4 is 17.6 Å². The molecule has 10 heteroatoms. The molecule has 0 fully saturated rings. The SMILES string of the molecule is CC(C)(C)OC1=NC(Cl)=C(C(F)(F)F)C=C(C(F)(F)F)N1. The fourth-order valence-electron chi connectivity index (χ4n) is 1.22. The van der Waals surface area contributed by atoms with E-state index in [2.05, 4.69) is 4.99 Å². The molecule has 1 rings (SSSR count). The number of alkyl halides is 6. The van der Waals surface area contributed by atoms with Gasteiger partial charge in [0.25, 0.3) is 6.02 Å². The van der Waals surface area contributed by atoms with Crippen LogP contribution >= 0.6 is 11.6 Å². The summed E-state index contributed by atoms with van der Waals surface area (Å²) < 4.78 is 81.4. The van der Waals surface area contributed by atoms with Crippen molar-refractivity contribution in [2.24, 2.45) is 4.99 Å². The third-order valence-electron chi connectivity index (χ3n) is 1.97. The molecule has 0 saturated carbocycles. The number of allylic oxidation sites excluding steroid dienone is 3. The maximum absolute atomic E-state index is 12.7. The molecule has 0 aromatic rings. The van der Waals surface area contributed by atoms with Crippen molar-refractivity contribution in [2.45, 2.75) is 38.7 Å². The van der Waals surface area contributed by atoms with Gasteiger partial charge in [-0.25, -0.2) is 0 Å². The Labute approximate surface area is 121 Å². The highest BCUT2D eigenvalue weighted by molar-refractivity contribution is 6.30. The number of hydrogen-bond donors (Lipinski definition) is 1. The molecule has 21 heavy (non-hydrogen) atoms. The fourth-order valence-corrected chi connectivity index (χ4v) is 1.46. The van der Waals surface area contributed by atoms with Gasteiger partial charge in [-0.15, -0.1) is 0 Å². The topological polar surface area (TPSA) is 33.6 Å². The smallest absolute Gasteiger partial charge is 0.431 e. The van der Waals surface area contributed by atoms with Crippen LogP contribution in [-0.2, 0) is 4.74 Å². The fraction of sp³-hybridized carbons (Fsp3) is 0.545. The minimum Gasteiger partial charge on any atom is -0.459 e. The van der Waals surface area contributed by atoms with E-state index in [9.17, 15) is 26.3 Å².